The van der Waals surface area contributed by atoms with E-state index >= 15 is 0 Å². The van der Waals surface area contributed by atoms with Crippen LogP contribution in [0.1, 0.15) is 49.4 Å². The second kappa shape index (κ2) is 10.3. The summed E-state index contributed by atoms with van der Waals surface area (Å²) in [6.07, 6.45) is 6.03. The molecule has 5 heteroatoms. The van der Waals surface area contributed by atoms with Gasteiger partial charge in [-0.3, -0.25) is 4.79 Å². The van der Waals surface area contributed by atoms with Crippen LogP contribution in [0.3, 0.4) is 0 Å². The summed E-state index contributed by atoms with van der Waals surface area (Å²) in [4.78, 5) is 12.4. The van der Waals surface area contributed by atoms with Crippen LogP contribution in [0.5, 0.6) is 11.5 Å². The number of benzene rings is 2. The van der Waals surface area contributed by atoms with Crippen LogP contribution in [-0.2, 0) is 0 Å². The minimum Gasteiger partial charge on any atom is -0.494 e. The summed E-state index contributed by atoms with van der Waals surface area (Å²) in [5.74, 6) is 1.10. The van der Waals surface area contributed by atoms with Crippen molar-refractivity contribution < 1.29 is 14.3 Å². The molecule has 0 unspecified atom stereocenters. The van der Waals surface area contributed by atoms with Gasteiger partial charge in [0, 0.05) is 17.3 Å². The molecule has 3 N–H and O–H groups in total. The summed E-state index contributed by atoms with van der Waals surface area (Å²) in [6.45, 7) is 2.91. The largest absolute Gasteiger partial charge is 0.494 e. The Balaban J connectivity index is 1.86. The lowest BCUT2D eigenvalue weighted by Crippen LogP contribution is -2.12. The first-order valence-corrected chi connectivity index (χ1v) is 9.11. The summed E-state index contributed by atoms with van der Waals surface area (Å²) < 4.78 is 11.0. The molecule has 0 aliphatic carbocycles. The van der Waals surface area contributed by atoms with Crippen molar-refractivity contribution >= 4 is 17.3 Å². The lowest BCUT2D eigenvalue weighted by atomic mass is 10.1. The van der Waals surface area contributed by atoms with E-state index in [2.05, 4.69) is 12.2 Å². The molecule has 0 spiro atoms. The van der Waals surface area contributed by atoms with Crippen molar-refractivity contribution in [1.82, 2.24) is 0 Å². The highest BCUT2D eigenvalue weighted by Gasteiger charge is 2.10. The quantitative estimate of drug-likeness (QED) is 0.470. The maximum absolute atomic E-state index is 12.4. The Labute approximate surface area is 155 Å². The topological polar surface area (TPSA) is 73.6 Å². The number of hydrogen-bond donors (Lipinski definition) is 2. The molecule has 2 rings (SSSR count). The summed E-state index contributed by atoms with van der Waals surface area (Å²) in [7, 11) is 1.54. The van der Waals surface area contributed by atoms with Crippen LogP contribution < -0.4 is 20.5 Å². The minimum atomic E-state index is -0.209. The molecule has 0 heterocycles. The molecule has 0 saturated heterocycles. The zero-order valence-corrected chi connectivity index (χ0v) is 15.6. The molecule has 5 nitrogen and oxygen atoms in total. The van der Waals surface area contributed by atoms with Crippen molar-refractivity contribution in [2.45, 2.75) is 39.0 Å². The second-order valence-electron chi connectivity index (χ2n) is 6.20. The lowest BCUT2D eigenvalue weighted by Gasteiger charge is -2.11. The van der Waals surface area contributed by atoms with Gasteiger partial charge in [-0.15, -0.1) is 0 Å². The highest BCUT2D eigenvalue weighted by Crippen LogP contribution is 2.27. The number of amides is 1. The third-order valence-corrected chi connectivity index (χ3v) is 4.11. The van der Waals surface area contributed by atoms with Gasteiger partial charge in [0.1, 0.15) is 11.5 Å². The van der Waals surface area contributed by atoms with Gasteiger partial charge in [-0.05, 0) is 42.8 Å². The Bertz CT molecular complexity index is 699. The van der Waals surface area contributed by atoms with Crippen molar-refractivity contribution in [1.29, 1.82) is 0 Å². The van der Waals surface area contributed by atoms with E-state index in [9.17, 15) is 4.79 Å². The van der Waals surface area contributed by atoms with E-state index in [-0.39, 0.29) is 5.91 Å². The van der Waals surface area contributed by atoms with Gasteiger partial charge in [0.25, 0.3) is 5.91 Å². The van der Waals surface area contributed by atoms with Crippen molar-refractivity contribution in [2.24, 2.45) is 0 Å². The van der Waals surface area contributed by atoms with Gasteiger partial charge in [-0.2, -0.15) is 0 Å². The van der Waals surface area contributed by atoms with E-state index < -0.39 is 0 Å². The van der Waals surface area contributed by atoms with Gasteiger partial charge in [0.15, 0.2) is 0 Å². The number of carbonyl (C=O) groups is 1. The molecule has 0 radical (unpaired) electrons. The predicted octanol–water partition coefficient (Wildman–Crippen LogP) is 4.88. The average molecular weight is 356 g/mol. The molecule has 0 aliphatic heterocycles. The van der Waals surface area contributed by atoms with Gasteiger partial charge in [0.05, 0.1) is 19.4 Å². The van der Waals surface area contributed by atoms with Crippen molar-refractivity contribution in [3.8, 4) is 11.5 Å². The Morgan fingerprint density at radius 2 is 1.77 bits per heavy atom. The van der Waals surface area contributed by atoms with Crippen LogP contribution >= 0.6 is 0 Å². The molecule has 140 valence electrons. The number of anilines is 2. The number of hydrogen-bond acceptors (Lipinski definition) is 4. The number of ether oxygens (including phenoxy) is 2. The van der Waals surface area contributed by atoms with Gasteiger partial charge in [0.2, 0.25) is 0 Å². The molecule has 0 atom stereocenters. The van der Waals surface area contributed by atoms with E-state index in [0.29, 0.717) is 29.3 Å². The van der Waals surface area contributed by atoms with Crippen molar-refractivity contribution in [3.05, 3.63) is 48.0 Å². The monoisotopic (exact) mass is 356 g/mol. The summed E-state index contributed by atoms with van der Waals surface area (Å²) in [5, 5.41) is 2.84. The van der Waals surface area contributed by atoms with Crippen molar-refractivity contribution in [2.75, 3.05) is 24.8 Å². The number of nitrogen functional groups attached to an aromatic ring is 1. The fourth-order valence-corrected chi connectivity index (χ4v) is 2.60. The fraction of sp³-hybridized carbons (Fsp3) is 0.381. The number of methoxy groups -OCH3 is 1. The molecular formula is C21H28N2O3. The molecule has 0 aromatic heterocycles. The standard InChI is InChI=1S/C21H28N2O3/c1-3-4-5-6-7-14-26-18-11-8-16(9-12-18)21(24)23-19-13-10-17(22)15-20(19)25-2/h8-13,15H,3-7,14,22H2,1-2H3,(H,23,24). The van der Waals surface area contributed by atoms with E-state index in [4.69, 9.17) is 15.2 Å². The van der Waals surface area contributed by atoms with Gasteiger partial charge < -0.3 is 20.5 Å². The molecule has 2 aromatic carbocycles. The number of nitrogens with one attached hydrogen (secondary N) is 1. The van der Waals surface area contributed by atoms with Gasteiger partial charge in [-0.25, -0.2) is 0 Å². The first-order chi connectivity index (χ1) is 12.6. The average Bonchev–Trinajstić information content (AvgIpc) is 2.66. The van der Waals surface area contributed by atoms with Crippen LogP contribution in [0.15, 0.2) is 42.5 Å². The third-order valence-electron chi connectivity index (χ3n) is 4.11. The number of unbranched alkanes of at least 4 members (excludes halogenated alkanes) is 4. The van der Waals surface area contributed by atoms with E-state index in [1.165, 1.54) is 25.7 Å². The molecular weight excluding hydrogens is 328 g/mol. The molecule has 0 saturated carbocycles. The Kier molecular flexibility index (Phi) is 7.80. The Morgan fingerprint density at radius 3 is 2.46 bits per heavy atom. The summed E-state index contributed by atoms with van der Waals surface area (Å²) in [6, 6.07) is 12.3. The lowest BCUT2D eigenvalue weighted by molar-refractivity contribution is 0.102. The van der Waals surface area contributed by atoms with Crippen LogP contribution in [0.2, 0.25) is 0 Å². The van der Waals surface area contributed by atoms with Crippen LogP contribution in [0.25, 0.3) is 0 Å². The zero-order valence-electron chi connectivity index (χ0n) is 15.6. The van der Waals surface area contributed by atoms with E-state index in [1.54, 1.807) is 37.4 Å². The summed E-state index contributed by atoms with van der Waals surface area (Å²) >= 11 is 0. The molecule has 26 heavy (non-hydrogen) atoms. The third kappa shape index (κ3) is 5.99. The van der Waals surface area contributed by atoms with Gasteiger partial charge >= 0.3 is 0 Å². The predicted molar refractivity (Wildman–Crippen MR) is 106 cm³/mol. The second-order valence-corrected chi connectivity index (χ2v) is 6.20. The smallest absolute Gasteiger partial charge is 0.255 e. The van der Waals surface area contributed by atoms with Gasteiger partial charge in [-0.1, -0.05) is 32.6 Å². The van der Waals surface area contributed by atoms with Crippen LogP contribution in [0.4, 0.5) is 11.4 Å². The highest BCUT2D eigenvalue weighted by molar-refractivity contribution is 6.05. The SMILES string of the molecule is CCCCCCCOc1ccc(C(=O)Nc2ccc(N)cc2OC)cc1. The maximum Gasteiger partial charge on any atom is 0.255 e. The molecule has 0 aliphatic rings. The fourth-order valence-electron chi connectivity index (χ4n) is 2.60. The molecule has 0 fully saturated rings. The first-order valence-electron chi connectivity index (χ1n) is 9.11. The van der Waals surface area contributed by atoms with E-state index in [0.717, 1.165) is 12.2 Å². The highest BCUT2D eigenvalue weighted by atomic mass is 16.5. The molecule has 0 bridgehead atoms. The Morgan fingerprint density at radius 1 is 1.04 bits per heavy atom. The van der Waals surface area contributed by atoms with Crippen LogP contribution in [-0.4, -0.2) is 19.6 Å². The normalized spacial score (nSPS) is 10.4. The van der Waals surface area contributed by atoms with Crippen molar-refractivity contribution in [3.63, 3.8) is 0 Å². The number of carbonyl (C=O) groups excluding carboxylic acids is 1. The molecule has 2 aromatic rings. The Hall–Kier alpha value is -2.69. The summed E-state index contributed by atoms with van der Waals surface area (Å²) in [5.41, 5.74) is 7.45. The van der Waals surface area contributed by atoms with Crippen LogP contribution in [0, 0.1) is 0 Å². The minimum absolute atomic E-state index is 0.209. The molecule has 1 amide bonds. The number of nitrogens with two attached hydrogens (primary N) is 1. The van der Waals surface area contributed by atoms with E-state index in [1.807, 2.05) is 12.1 Å². The first kappa shape index (κ1) is 19.6. The zero-order chi connectivity index (χ0) is 18.8. The maximum atomic E-state index is 12.4. The number of rotatable bonds is 10.